The smallest absolute Gasteiger partial charge is 0.0678 e. The van der Waals surface area contributed by atoms with Crippen LogP contribution >= 0.6 is 0 Å². The van der Waals surface area contributed by atoms with Gasteiger partial charge in [-0.15, -0.1) is 0 Å². The van der Waals surface area contributed by atoms with Crippen molar-refractivity contribution < 1.29 is 5.11 Å². The Hall–Kier alpha value is -0.900. The van der Waals surface area contributed by atoms with Gasteiger partial charge in [0.15, 0.2) is 0 Å². The average Bonchev–Trinajstić information content (AvgIpc) is 2.40. The molecule has 0 radical (unpaired) electrons. The van der Waals surface area contributed by atoms with Gasteiger partial charge in [-0.3, -0.25) is 0 Å². The minimum Gasteiger partial charge on any atom is -0.394 e. The molecule has 1 aromatic carbocycles. The highest BCUT2D eigenvalue weighted by molar-refractivity contribution is 5.24. The lowest BCUT2D eigenvalue weighted by Gasteiger charge is -2.38. The first-order valence-electron chi connectivity index (χ1n) is 7.27. The van der Waals surface area contributed by atoms with E-state index in [9.17, 15) is 5.11 Å². The summed E-state index contributed by atoms with van der Waals surface area (Å²) < 4.78 is 0. The number of rotatable bonds is 7. The Labute approximate surface area is 116 Å². The highest BCUT2D eigenvalue weighted by Crippen LogP contribution is 2.28. The molecule has 0 aliphatic heterocycles. The molecular weight excluding hydrogens is 236 g/mol. The first kappa shape index (κ1) is 14.5. The van der Waals surface area contributed by atoms with Crippen molar-refractivity contribution in [3.05, 3.63) is 35.9 Å². The van der Waals surface area contributed by atoms with Gasteiger partial charge >= 0.3 is 0 Å². The van der Waals surface area contributed by atoms with E-state index in [0.717, 1.165) is 19.0 Å². The highest BCUT2D eigenvalue weighted by atomic mass is 16.3. The van der Waals surface area contributed by atoms with Gasteiger partial charge in [0.2, 0.25) is 0 Å². The van der Waals surface area contributed by atoms with Crippen molar-refractivity contribution in [2.45, 2.75) is 37.3 Å². The van der Waals surface area contributed by atoms with E-state index in [1.54, 1.807) is 0 Å². The Morgan fingerprint density at radius 2 is 2.00 bits per heavy atom. The Morgan fingerprint density at radius 1 is 1.32 bits per heavy atom. The Kier molecular flexibility index (Phi) is 4.97. The third-order valence-electron chi connectivity index (χ3n) is 4.66. The summed E-state index contributed by atoms with van der Waals surface area (Å²) in [5.74, 6) is 0. The van der Waals surface area contributed by atoms with Crippen molar-refractivity contribution in [2.75, 3.05) is 27.2 Å². The van der Waals surface area contributed by atoms with E-state index >= 15 is 0 Å². The molecule has 2 N–H and O–H groups in total. The van der Waals surface area contributed by atoms with E-state index < -0.39 is 0 Å². The Morgan fingerprint density at radius 3 is 2.47 bits per heavy atom. The minimum atomic E-state index is -0.320. The lowest BCUT2D eigenvalue weighted by molar-refractivity contribution is 0.111. The van der Waals surface area contributed by atoms with Gasteiger partial charge in [0, 0.05) is 12.6 Å². The van der Waals surface area contributed by atoms with E-state index in [1.807, 2.05) is 25.2 Å². The van der Waals surface area contributed by atoms with Crippen LogP contribution in [0.2, 0.25) is 0 Å². The molecule has 1 fully saturated rings. The van der Waals surface area contributed by atoms with Crippen molar-refractivity contribution in [1.29, 1.82) is 0 Å². The number of hydrogen-bond acceptors (Lipinski definition) is 3. The lowest BCUT2D eigenvalue weighted by Crippen LogP contribution is -2.47. The molecule has 0 bridgehead atoms. The van der Waals surface area contributed by atoms with Crippen LogP contribution in [-0.4, -0.2) is 43.3 Å². The fraction of sp³-hybridized carbons (Fsp3) is 0.625. The molecule has 1 aliphatic carbocycles. The molecule has 1 aromatic rings. The number of hydrogen-bond donors (Lipinski definition) is 2. The molecule has 0 heterocycles. The zero-order chi connectivity index (χ0) is 13.7. The molecule has 0 amide bonds. The summed E-state index contributed by atoms with van der Waals surface area (Å²) in [5.41, 5.74) is 0.848. The van der Waals surface area contributed by atoms with Crippen molar-refractivity contribution in [3.8, 4) is 0 Å². The summed E-state index contributed by atoms with van der Waals surface area (Å²) in [6.07, 6.45) is 4.95. The van der Waals surface area contributed by atoms with E-state index in [4.69, 9.17) is 0 Å². The second-order valence-electron chi connectivity index (χ2n) is 5.67. The second kappa shape index (κ2) is 6.51. The van der Waals surface area contributed by atoms with Crippen LogP contribution < -0.4 is 5.32 Å². The van der Waals surface area contributed by atoms with Gasteiger partial charge in [-0.25, -0.2) is 0 Å². The maximum Gasteiger partial charge on any atom is 0.0678 e. The highest BCUT2D eigenvalue weighted by Gasteiger charge is 2.31. The van der Waals surface area contributed by atoms with Crippen molar-refractivity contribution >= 4 is 0 Å². The van der Waals surface area contributed by atoms with Crippen LogP contribution in [0.1, 0.15) is 31.2 Å². The topological polar surface area (TPSA) is 35.5 Å². The van der Waals surface area contributed by atoms with Gasteiger partial charge in [-0.05, 0) is 38.9 Å². The maximum atomic E-state index is 9.87. The van der Waals surface area contributed by atoms with E-state index in [-0.39, 0.29) is 12.1 Å². The molecule has 106 valence electrons. The molecule has 1 aliphatic rings. The van der Waals surface area contributed by atoms with Crippen molar-refractivity contribution in [3.63, 3.8) is 0 Å². The molecule has 3 heteroatoms. The lowest BCUT2D eigenvalue weighted by atomic mass is 9.86. The molecule has 1 unspecified atom stereocenters. The maximum absolute atomic E-state index is 9.87. The monoisotopic (exact) mass is 262 g/mol. The van der Waals surface area contributed by atoms with Crippen LogP contribution in [0.5, 0.6) is 0 Å². The van der Waals surface area contributed by atoms with Crippen LogP contribution in [0.25, 0.3) is 0 Å². The molecule has 0 saturated heterocycles. The zero-order valence-corrected chi connectivity index (χ0v) is 12.1. The van der Waals surface area contributed by atoms with Crippen molar-refractivity contribution in [1.82, 2.24) is 10.2 Å². The Balaban J connectivity index is 2.02. The number of likely N-dealkylation sites (N-methyl/N-ethyl adjacent to an activating group) is 1. The largest absolute Gasteiger partial charge is 0.394 e. The number of nitrogens with one attached hydrogen (secondary N) is 1. The summed E-state index contributed by atoms with van der Waals surface area (Å²) >= 11 is 0. The van der Waals surface area contributed by atoms with E-state index in [0.29, 0.717) is 0 Å². The predicted octanol–water partition coefficient (Wildman–Crippen LogP) is 1.97. The predicted molar refractivity (Wildman–Crippen MR) is 79.2 cm³/mol. The zero-order valence-electron chi connectivity index (χ0n) is 12.1. The van der Waals surface area contributed by atoms with Crippen LogP contribution in [0.3, 0.4) is 0 Å². The first-order chi connectivity index (χ1) is 9.22. The number of benzene rings is 1. The standard InChI is InChI=1S/C16H26N2O/c1-17-16(13-19,14-7-4-3-5-8-14)11-12-18(2)15-9-6-10-15/h3-5,7-8,15,17,19H,6,9-13H2,1-2H3. The summed E-state index contributed by atoms with van der Waals surface area (Å²) in [5, 5.41) is 13.2. The molecule has 0 aromatic heterocycles. The van der Waals surface area contributed by atoms with Crippen LogP contribution in [0.15, 0.2) is 30.3 Å². The van der Waals surface area contributed by atoms with Gasteiger partial charge in [0.25, 0.3) is 0 Å². The number of aliphatic hydroxyl groups excluding tert-OH is 1. The summed E-state index contributed by atoms with van der Waals surface area (Å²) in [7, 11) is 4.14. The fourth-order valence-corrected chi connectivity index (χ4v) is 2.80. The number of aliphatic hydroxyl groups is 1. The van der Waals surface area contributed by atoms with Gasteiger partial charge in [-0.1, -0.05) is 36.8 Å². The number of nitrogens with zero attached hydrogens (tertiary/aromatic N) is 1. The first-order valence-corrected chi connectivity index (χ1v) is 7.27. The molecular formula is C16H26N2O. The van der Waals surface area contributed by atoms with Crippen LogP contribution in [-0.2, 0) is 5.54 Å². The summed E-state index contributed by atoms with van der Waals surface area (Å²) in [6.45, 7) is 1.15. The normalized spacial score (nSPS) is 19.2. The summed E-state index contributed by atoms with van der Waals surface area (Å²) in [6, 6.07) is 11.0. The molecule has 0 spiro atoms. The molecule has 3 nitrogen and oxygen atoms in total. The SMILES string of the molecule is CNC(CO)(CCN(C)C1CCC1)c1ccccc1. The Bertz CT molecular complexity index is 372. The molecule has 19 heavy (non-hydrogen) atoms. The second-order valence-corrected chi connectivity index (χ2v) is 5.67. The molecule has 1 atom stereocenters. The molecule has 2 rings (SSSR count). The van der Waals surface area contributed by atoms with E-state index in [1.165, 1.54) is 24.8 Å². The quantitative estimate of drug-likeness (QED) is 0.788. The van der Waals surface area contributed by atoms with Gasteiger partial charge in [-0.2, -0.15) is 0 Å². The van der Waals surface area contributed by atoms with Gasteiger partial charge in [0.05, 0.1) is 12.1 Å². The van der Waals surface area contributed by atoms with Gasteiger partial charge < -0.3 is 15.3 Å². The fourth-order valence-electron chi connectivity index (χ4n) is 2.80. The third kappa shape index (κ3) is 3.16. The van der Waals surface area contributed by atoms with Crippen LogP contribution in [0, 0.1) is 0 Å². The van der Waals surface area contributed by atoms with Gasteiger partial charge in [0.1, 0.15) is 0 Å². The summed E-state index contributed by atoms with van der Waals surface area (Å²) in [4.78, 5) is 2.44. The minimum absolute atomic E-state index is 0.131. The van der Waals surface area contributed by atoms with Crippen LogP contribution in [0.4, 0.5) is 0 Å². The molecule has 1 saturated carbocycles. The average molecular weight is 262 g/mol. The van der Waals surface area contributed by atoms with Crippen molar-refractivity contribution in [2.24, 2.45) is 0 Å². The van der Waals surface area contributed by atoms with E-state index in [2.05, 4.69) is 29.4 Å². The third-order valence-corrected chi connectivity index (χ3v) is 4.66.